The minimum Gasteiger partial charge on any atom is -0.333 e. The second-order valence-corrected chi connectivity index (χ2v) is 12.2. The van der Waals surface area contributed by atoms with Crippen LogP contribution in [0.15, 0.2) is 64.1 Å². The standard InChI is InChI=1S/C28H32Cl2N4OS/c1-6-33(22-15-32(5)16-22)26(35)24-23(17(2)3)34-25(18-7-11-20(29)12-8-18)28(4,31-27(34)36-24)19-9-13-21(30)14-10-19/h7-14,17,22,25H,6,15-16H2,1-5H3. The molecule has 0 spiro atoms. The van der Waals surface area contributed by atoms with Crippen LogP contribution < -0.4 is 0 Å². The summed E-state index contributed by atoms with van der Waals surface area (Å²) in [5.41, 5.74) is 2.68. The van der Waals surface area contributed by atoms with Gasteiger partial charge in [0.05, 0.1) is 12.1 Å². The Kier molecular flexibility index (Phi) is 6.92. The van der Waals surface area contributed by atoms with Crippen LogP contribution in [0.4, 0.5) is 0 Å². The van der Waals surface area contributed by atoms with Gasteiger partial charge in [-0.25, -0.2) is 4.99 Å². The number of thioether (sulfide) groups is 1. The van der Waals surface area contributed by atoms with Crippen LogP contribution in [0.3, 0.4) is 0 Å². The Bertz CT molecular complexity index is 1220. The van der Waals surface area contributed by atoms with E-state index in [4.69, 9.17) is 28.2 Å². The van der Waals surface area contributed by atoms with Crippen LogP contribution in [0.25, 0.3) is 0 Å². The number of likely N-dealkylation sites (N-methyl/N-ethyl adjacent to an activating group) is 2. The largest absolute Gasteiger partial charge is 0.333 e. The topological polar surface area (TPSA) is 39.2 Å². The number of carbonyl (C=O) groups is 1. The lowest BCUT2D eigenvalue weighted by atomic mass is 9.81. The second-order valence-electron chi connectivity index (χ2n) is 10.3. The molecule has 8 heteroatoms. The Morgan fingerprint density at radius 3 is 2.22 bits per heavy atom. The maximum Gasteiger partial charge on any atom is 0.262 e. The number of benzene rings is 2. The third-order valence-electron chi connectivity index (χ3n) is 7.45. The van der Waals surface area contributed by atoms with Gasteiger partial charge in [0.25, 0.3) is 5.91 Å². The molecule has 2 aromatic rings. The van der Waals surface area contributed by atoms with Crippen LogP contribution in [-0.2, 0) is 10.3 Å². The van der Waals surface area contributed by atoms with Gasteiger partial charge in [-0.1, -0.05) is 61.3 Å². The summed E-state index contributed by atoms with van der Waals surface area (Å²) in [5.74, 6) is 0.263. The van der Waals surface area contributed by atoms with Gasteiger partial charge in [-0.3, -0.25) is 4.79 Å². The number of carbonyl (C=O) groups excluding carboxylic acids is 1. The molecule has 0 saturated carbocycles. The van der Waals surface area contributed by atoms with E-state index in [0.29, 0.717) is 16.6 Å². The fraction of sp³-hybridized carbons (Fsp3) is 0.429. The summed E-state index contributed by atoms with van der Waals surface area (Å²) in [6.07, 6.45) is 0. The Hall–Kier alpha value is -1.99. The highest BCUT2D eigenvalue weighted by Crippen LogP contribution is 2.56. The fourth-order valence-corrected chi connectivity index (χ4v) is 7.24. The van der Waals surface area contributed by atoms with Crippen molar-refractivity contribution in [2.75, 3.05) is 26.7 Å². The minimum absolute atomic E-state index is 0.115. The molecule has 0 radical (unpaired) electrons. The molecular weight excluding hydrogens is 511 g/mol. The van der Waals surface area contributed by atoms with Gasteiger partial charge >= 0.3 is 0 Å². The lowest BCUT2D eigenvalue weighted by Crippen LogP contribution is -2.59. The zero-order valence-electron chi connectivity index (χ0n) is 21.3. The number of nitrogens with zero attached hydrogens (tertiary/aromatic N) is 4. The SMILES string of the molecule is CCN(C(=O)C1=C(C(C)C)N2C(=NC(C)(c3ccc(Cl)cc3)C2c2ccc(Cl)cc2)S1)C1CN(C)C1. The molecule has 5 nitrogen and oxygen atoms in total. The number of halogens is 2. The van der Waals surface area contributed by atoms with Crippen molar-refractivity contribution in [2.45, 2.75) is 45.3 Å². The Morgan fingerprint density at radius 1 is 1.11 bits per heavy atom. The first-order valence-electron chi connectivity index (χ1n) is 12.5. The van der Waals surface area contributed by atoms with E-state index < -0.39 is 5.54 Å². The van der Waals surface area contributed by atoms with Crippen molar-refractivity contribution in [3.8, 4) is 0 Å². The average Bonchev–Trinajstić information content (AvgIpc) is 3.32. The highest BCUT2D eigenvalue weighted by atomic mass is 35.5. The number of aliphatic imine (C=N–C) groups is 1. The number of allylic oxidation sites excluding steroid dienone is 1. The third-order valence-corrected chi connectivity index (χ3v) is 9.02. The van der Waals surface area contributed by atoms with E-state index in [1.807, 2.05) is 29.2 Å². The first-order chi connectivity index (χ1) is 17.1. The number of amides is 1. The number of hydrogen-bond donors (Lipinski definition) is 0. The molecule has 2 atom stereocenters. The van der Waals surface area contributed by atoms with E-state index >= 15 is 0 Å². The highest BCUT2D eigenvalue weighted by molar-refractivity contribution is 8.18. The normalized spacial score (nSPS) is 24.3. The first-order valence-corrected chi connectivity index (χ1v) is 14.0. The van der Waals surface area contributed by atoms with Gasteiger partial charge in [-0.05, 0) is 74.0 Å². The number of amidine groups is 1. The van der Waals surface area contributed by atoms with Gasteiger partial charge in [-0.2, -0.15) is 0 Å². The molecule has 3 aliphatic heterocycles. The van der Waals surface area contributed by atoms with Gasteiger partial charge in [0.15, 0.2) is 5.17 Å². The molecule has 5 rings (SSSR count). The van der Waals surface area contributed by atoms with E-state index in [2.05, 4.69) is 68.8 Å². The van der Waals surface area contributed by atoms with E-state index in [1.54, 1.807) is 0 Å². The molecule has 190 valence electrons. The monoisotopic (exact) mass is 542 g/mol. The second kappa shape index (κ2) is 9.71. The van der Waals surface area contributed by atoms with E-state index in [9.17, 15) is 4.79 Å². The zero-order valence-corrected chi connectivity index (χ0v) is 23.7. The summed E-state index contributed by atoms with van der Waals surface area (Å²) >= 11 is 14.0. The maximum absolute atomic E-state index is 13.9. The quantitative estimate of drug-likeness (QED) is 0.423. The molecule has 36 heavy (non-hydrogen) atoms. The van der Waals surface area contributed by atoms with Crippen molar-refractivity contribution in [1.82, 2.24) is 14.7 Å². The maximum atomic E-state index is 13.9. The molecule has 3 aliphatic rings. The van der Waals surface area contributed by atoms with Crippen LogP contribution in [0.2, 0.25) is 10.0 Å². The molecule has 1 fully saturated rings. The number of likely N-dealkylation sites (tertiary alicyclic amines) is 1. The summed E-state index contributed by atoms with van der Waals surface area (Å²) in [5, 5.41) is 2.27. The highest BCUT2D eigenvalue weighted by Gasteiger charge is 2.53. The molecule has 0 aliphatic carbocycles. The third kappa shape index (κ3) is 4.26. The van der Waals surface area contributed by atoms with Crippen LogP contribution >= 0.6 is 35.0 Å². The van der Waals surface area contributed by atoms with Crippen molar-refractivity contribution in [3.63, 3.8) is 0 Å². The predicted octanol–water partition coefficient (Wildman–Crippen LogP) is 6.40. The van der Waals surface area contributed by atoms with Gasteiger partial charge in [0.2, 0.25) is 0 Å². The molecule has 1 saturated heterocycles. The smallest absolute Gasteiger partial charge is 0.262 e. The summed E-state index contributed by atoms with van der Waals surface area (Å²) in [7, 11) is 2.09. The molecule has 0 bridgehead atoms. The minimum atomic E-state index is -0.559. The predicted molar refractivity (Wildman–Crippen MR) is 150 cm³/mol. The van der Waals surface area contributed by atoms with Crippen molar-refractivity contribution < 1.29 is 4.79 Å². The molecule has 3 heterocycles. The van der Waals surface area contributed by atoms with Crippen LogP contribution in [0, 0.1) is 5.92 Å². The number of hydrogen-bond acceptors (Lipinski definition) is 5. The number of fused-ring (bicyclic) bond motifs is 1. The van der Waals surface area contributed by atoms with E-state index in [1.165, 1.54) is 11.8 Å². The summed E-state index contributed by atoms with van der Waals surface area (Å²) in [6, 6.07) is 16.1. The molecular formula is C28H32Cl2N4OS. The summed E-state index contributed by atoms with van der Waals surface area (Å²) in [4.78, 5) is 26.6. The Morgan fingerprint density at radius 2 is 1.69 bits per heavy atom. The van der Waals surface area contributed by atoms with E-state index in [0.717, 1.165) is 40.0 Å². The van der Waals surface area contributed by atoms with Gasteiger partial charge < -0.3 is 14.7 Å². The van der Waals surface area contributed by atoms with Gasteiger partial charge in [0, 0.05) is 35.4 Å². The van der Waals surface area contributed by atoms with Crippen LogP contribution in [0.1, 0.15) is 44.9 Å². The Balaban J connectivity index is 1.61. The summed E-state index contributed by atoms with van der Waals surface area (Å²) in [6.45, 7) is 11.1. The Labute approximate surface area is 228 Å². The summed E-state index contributed by atoms with van der Waals surface area (Å²) < 4.78 is 0. The number of rotatable bonds is 6. The lowest BCUT2D eigenvalue weighted by molar-refractivity contribution is -0.131. The molecule has 0 aromatic heterocycles. The fourth-order valence-electron chi connectivity index (χ4n) is 5.63. The molecule has 2 unspecified atom stereocenters. The van der Waals surface area contributed by atoms with Gasteiger partial charge in [-0.15, -0.1) is 0 Å². The van der Waals surface area contributed by atoms with Gasteiger partial charge in [0.1, 0.15) is 10.4 Å². The van der Waals surface area contributed by atoms with Crippen LogP contribution in [0.5, 0.6) is 0 Å². The average molecular weight is 544 g/mol. The zero-order chi connectivity index (χ0) is 25.8. The first kappa shape index (κ1) is 25.7. The molecule has 2 aromatic carbocycles. The lowest BCUT2D eigenvalue weighted by Gasteiger charge is -2.43. The van der Waals surface area contributed by atoms with Crippen molar-refractivity contribution in [3.05, 3.63) is 80.3 Å². The van der Waals surface area contributed by atoms with E-state index in [-0.39, 0.29) is 23.9 Å². The molecule has 1 amide bonds. The van der Waals surface area contributed by atoms with Crippen molar-refractivity contribution in [2.24, 2.45) is 10.9 Å². The van der Waals surface area contributed by atoms with Crippen LogP contribution in [-0.4, -0.2) is 58.5 Å². The molecule has 0 N–H and O–H groups in total. The van der Waals surface area contributed by atoms with Crippen molar-refractivity contribution in [1.29, 1.82) is 0 Å². The van der Waals surface area contributed by atoms with Crippen molar-refractivity contribution >= 4 is 46.0 Å².